The van der Waals surface area contributed by atoms with E-state index >= 15 is 0 Å². The Balaban J connectivity index is 0.00000220. The maximum absolute atomic E-state index is 10.1. The molecular weight excluding hydrogens is 286 g/mol. The summed E-state index contributed by atoms with van der Waals surface area (Å²) in [6.07, 6.45) is 2.07. The summed E-state index contributed by atoms with van der Waals surface area (Å²) in [5, 5.41) is 10.1. The van der Waals surface area contributed by atoms with Crippen LogP contribution in [0.2, 0.25) is 0 Å². The minimum absolute atomic E-state index is 0. The molecule has 1 aromatic rings. The first-order chi connectivity index (χ1) is 9.54. The van der Waals surface area contributed by atoms with E-state index in [1.165, 1.54) is 18.4 Å². The van der Waals surface area contributed by atoms with Crippen LogP contribution in [0.3, 0.4) is 0 Å². The maximum Gasteiger partial charge on any atom is 0.122 e. The standard InChI is InChI=1S/C17H27NO2.ClH/c1-13-6-8-18(9-7-13)11-16(19)12-20-17-5-4-14(2)10-15(17)3;/h4-5,10,13,16,19H,6-9,11-12H2,1-3H3;1H. The van der Waals surface area contributed by atoms with E-state index in [1.807, 2.05) is 19.1 Å². The molecule has 3 nitrogen and oxygen atoms in total. The van der Waals surface area contributed by atoms with Crippen molar-refractivity contribution in [2.75, 3.05) is 26.2 Å². The predicted molar refractivity (Wildman–Crippen MR) is 89.5 cm³/mol. The summed E-state index contributed by atoms with van der Waals surface area (Å²) in [6.45, 7) is 9.71. The Bertz CT molecular complexity index is 431. The second-order valence-electron chi connectivity index (χ2n) is 6.22. The van der Waals surface area contributed by atoms with E-state index in [1.54, 1.807) is 0 Å². The lowest BCUT2D eigenvalue weighted by Crippen LogP contribution is -2.40. The first-order valence-corrected chi connectivity index (χ1v) is 7.65. The van der Waals surface area contributed by atoms with Gasteiger partial charge in [0.25, 0.3) is 0 Å². The number of halogens is 1. The SMILES string of the molecule is Cc1ccc(OCC(O)CN2CCC(C)CC2)c(C)c1.Cl. The van der Waals surface area contributed by atoms with Crippen molar-refractivity contribution in [3.8, 4) is 5.75 Å². The van der Waals surface area contributed by atoms with Crippen molar-refractivity contribution >= 4 is 12.4 Å². The zero-order chi connectivity index (χ0) is 14.5. The molecule has 1 N–H and O–H groups in total. The number of likely N-dealkylation sites (tertiary alicyclic amines) is 1. The minimum Gasteiger partial charge on any atom is -0.491 e. The number of aryl methyl sites for hydroxylation is 2. The van der Waals surface area contributed by atoms with Crippen LogP contribution in [0.1, 0.15) is 30.9 Å². The Hall–Kier alpha value is -0.770. The van der Waals surface area contributed by atoms with E-state index in [-0.39, 0.29) is 12.4 Å². The summed E-state index contributed by atoms with van der Waals surface area (Å²) in [6, 6.07) is 6.13. The maximum atomic E-state index is 10.1. The van der Waals surface area contributed by atoms with Crippen LogP contribution in [0.25, 0.3) is 0 Å². The van der Waals surface area contributed by atoms with E-state index in [2.05, 4.69) is 24.8 Å². The zero-order valence-electron chi connectivity index (χ0n) is 13.3. The van der Waals surface area contributed by atoms with Crippen LogP contribution in [0.5, 0.6) is 5.75 Å². The van der Waals surface area contributed by atoms with Gasteiger partial charge in [-0.2, -0.15) is 0 Å². The van der Waals surface area contributed by atoms with Gasteiger partial charge in [0.15, 0.2) is 0 Å². The highest BCUT2D eigenvalue weighted by Crippen LogP contribution is 2.19. The van der Waals surface area contributed by atoms with Crippen molar-refractivity contribution in [3.05, 3.63) is 29.3 Å². The molecule has 0 bridgehead atoms. The number of hydrogen-bond acceptors (Lipinski definition) is 3. The van der Waals surface area contributed by atoms with E-state index in [4.69, 9.17) is 4.74 Å². The lowest BCUT2D eigenvalue weighted by Gasteiger charge is -2.31. The summed E-state index contributed by atoms with van der Waals surface area (Å²) in [5.41, 5.74) is 2.36. The Morgan fingerprint density at radius 3 is 2.57 bits per heavy atom. The van der Waals surface area contributed by atoms with Crippen LogP contribution >= 0.6 is 12.4 Å². The topological polar surface area (TPSA) is 32.7 Å². The number of β-amino-alcohol motifs (C(OH)–C–C–N with tert-alkyl or cyclic N) is 1. The quantitative estimate of drug-likeness (QED) is 0.906. The van der Waals surface area contributed by atoms with Gasteiger partial charge in [0, 0.05) is 6.54 Å². The molecule has 0 spiro atoms. The lowest BCUT2D eigenvalue weighted by molar-refractivity contribution is 0.0561. The minimum atomic E-state index is -0.413. The predicted octanol–water partition coefficient (Wildman–Crippen LogP) is 3.20. The van der Waals surface area contributed by atoms with Crippen molar-refractivity contribution in [3.63, 3.8) is 0 Å². The molecule has 0 saturated carbocycles. The first-order valence-electron chi connectivity index (χ1n) is 7.65. The third kappa shape index (κ3) is 5.85. The Morgan fingerprint density at radius 2 is 1.95 bits per heavy atom. The number of benzene rings is 1. The highest BCUT2D eigenvalue weighted by atomic mass is 35.5. The van der Waals surface area contributed by atoms with Crippen LogP contribution < -0.4 is 4.74 Å². The summed E-state index contributed by atoms with van der Waals surface area (Å²) in [4.78, 5) is 2.34. The summed E-state index contributed by atoms with van der Waals surface area (Å²) in [5.74, 6) is 1.71. The molecule has 0 radical (unpaired) electrons. The molecule has 1 aromatic carbocycles. The third-order valence-electron chi connectivity index (χ3n) is 4.11. The van der Waals surface area contributed by atoms with Crippen LogP contribution in [-0.2, 0) is 0 Å². The molecule has 2 rings (SSSR count). The van der Waals surface area contributed by atoms with Gasteiger partial charge in [-0.1, -0.05) is 24.6 Å². The average Bonchev–Trinajstić information content (AvgIpc) is 2.40. The molecule has 1 atom stereocenters. The average molecular weight is 314 g/mol. The molecule has 1 saturated heterocycles. The number of aliphatic hydroxyl groups is 1. The van der Waals surface area contributed by atoms with Crippen LogP contribution in [0, 0.1) is 19.8 Å². The number of rotatable bonds is 5. The highest BCUT2D eigenvalue weighted by molar-refractivity contribution is 5.85. The number of hydrogen-bond donors (Lipinski definition) is 1. The van der Waals surface area contributed by atoms with Gasteiger partial charge in [-0.05, 0) is 57.3 Å². The van der Waals surface area contributed by atoms with Gasteiger partial charge in [-0.25, -0.2) is 0 Å². The second-order valence-corrected chi connectivity index (χ2v) is 6.22. The summed E-state index contributed by atoms with van der Waals surface area (Å²) in [7, 11) is 0. The third-order valence-corrected chi connectivity index (χ3v) is 4.11. The fourth-order valence-corrected chi connectivity index (χ4v) is 2.74. The van der Waals surface area contributed by atoms with Gasteiger partial charge in [0.05, 0.1) is 0 Å². The molecule has 0 aromatic heterocycles. The fourth-order valence-electron chi connectivity index (χ4n) is 2.74. The van der Waals surface area contributed by atoms with E-state index < -0.39 is 6.10 Å². The number of ether oxygens (including phenoxy) is 1. The monoisotopic (exact) mass is 313 g/mol. The van der Waals surface area contributed by atoms with Gasteiger partial charge < -0.3 is 14.7 Å². The number of nitrogens with zero attached hydrogens (tertiary/aromatic N) is 1. The second kappa shape index (κ2) is 8.62. The van der Waals surface area contributed by atoms with Crippen LogP contribution in [-0.4, -0.2) is 42.4 Å². The van der Waals surface area contributed by atoms with Gasteiger partial charge in [0.2, 0.25) is 0 Å². The summed E-state index contributed by atoms with van der Waals surface area (Å²) < 4.78 is 5.74. The molecule has 1 unspecified atom stereocenters. The molecule has 21 heavy (non-hydrogen) atoms. The van der Waals surface area contributed by atoms with Crippen molar-refractivity contribution in [1.82, 2.24) is 4.90 Å². The van der Waals surface area contributed by atoms with Crippen LogP contribution in [0.4, 0.5) is 0 Å². The normalized spacial score (nSPS) is 18.1. The van der Waals surface area contributed by atoms with Crippen molar-refractivity contribution in [2.45, 2.75) is 39.7 Å². The van der Waals surface area contributed by atoms with Crippen LogP contribution in [0.15, 0.2) is 18.2 Å². The van der Waals surface area contributed by atoms with Crippen molar-refractivity contribution in [2.24, 2.45) is 5.92 Å². The molecule has 0 amide bonds. The molecule has 1 aliphatic rings. The summed E-state index contributed by atoms with van der Waals surface area (Å²) >= 11 is 0. The number of piperidine rings is 1. The van der Waals surface area contributed by atoms with E-state index in [0.29, 0.717) is 6.61 Å². The largest absolute Gasteiger partial charge is 0.491 e. The molecule has 0 aliphatic carbocycles. The highest BCUT2D eigenvalue weighted by Gasteiger charge is 2.18. The fraction of sp³-hybridized carbons (Fsp3) is 0.647. The number of aliphatic hydroxyl groups excluding tert-OH is 1. The van der Waals surface area contributed by atoms with Crippen molar-refractivity contribution < 1.29 is 9.84 Å². The Morgan fingerprint density at radius 1 is 1.29 bits per heavy atom. The van der Waals surface area contributed by atoms with Gasteiger partial charge in [-0.15, -0.1) is 12.4 Å². The molecule has 1 aliphatic heterocycles. The molecule has 1 fully saturated rings. The smallest absolute Gasteiger partial charge is 0.122 e. The lowest BCUT2D eigenvalue weighted by atomic mass is 9.99. The van der Waals surface area contributed by atoms with Gasteiger partial charge in [0.1, 0.15) is 18.5 Å². The zero-order valence-corrected chi connectivity index (χ0v) is 14.2. The van der Waals surface area contributed by atoms with Gasteiger partial charge >= 0.3 is 0 Å². The van der Waals surface area contributed by atoms with E-state index in [9.17, 15) is 5.11 Å². The van der Waals surface area contributed by atoms with Crippen molar-refractivity contribution in [1.29, 1.82) is 0 Å². The first kappa shape index (κ1) is 18.3. The Kier molecular flexibility index (Phi) is 7.50. The molecule has 120 valence electrons. The molecule has 1 heterocycles. The van der Waals surface area contributed by atoms with E-state index in [0.717, 1.165) is 36.9 Å². The molecule has 4 heteroatoms. The Labute approximate surface area is 134 Å². The molecular formula is C17H28ClNO2. The van der Waals surface area contributed by atoms with Gasteiger partial charge in [-0.3, -0.25) is 0 Å².